The molecule has 0 aromatic heterocycles. The molecule has 46 heavy (non-hydrogen) atoms. The van der Waals surface area contributed by atoms with Crippen molar-refractivity contribution in [3.8, 4) is 0 Å². The summed E-state index contributed by atoms with van der Waals surface area (Å²) in [6, 6.07) is 21.2. The van der Waals surface area contributed by atoms with Crippen LogP contribution in [0.15, 0.2) is 84.5 Å². The normalized spacial score (nSPS) is 17.1. The second-order valence-electron chi connectivity index (χ2n) is 15.7. The molecule has 2 N–H and O–H groups in total. The first-order valence-corrected chi connectivity index (χ1v) is 21.8. The van der Waals surface area contributed by atoms with Crippen molar-refractivity contribution in [2.45, 2.75) is 104 Å². The van der Waals surface area contributed by atoms with Crippen molar-refractivity contribution in [2.24, 2.45) is 17.8 Å². The minimum absolute atomic E-state index is 0.0104. The van der Waals surface area contributed by atoms with Crippen LogP contribution < -0.4 is 10.4 Å². The van der Waals surface area contributed by atoms with Gasteiger partial charge in [-0.1, -0.05) is 140 Å². The Labute approximate surface area is 283 Å². The number of aliphatic hydroxyl groups excluding tert-OH is 2. The number of methoxy groups -OCH3 is 1. The smallest absolute Gasteiger partial charge is 0.261 e. The summed E-state index contributed by atoms with van der Waals surface area (Å²) in [6.07, 6.45) is 6.09. The highest BCUT2D eigenvalue weighted by atomic mass is 28.4. The van der Waals surface area contributed by atoms with Gasteiger partial charge in [-0.15, -0.1) is 0 Å². The van der Waals surface area contributed by atoms with E-state index in [0.717, 1.165) is 5.57 Å². The molecule has 0 bridgehead atoms. The van der Waals surface area contributed by atoms with E-state index in [1.807, 2.05) is 31.2 Å². The first kappa shape index (κ1) is 40.3. The maximum atomic E-state index is 11.6. The molecule has 258 valence electrons. The number of hydrogen-bond donors (Lipinski definition) is 2. The van der Waals surface area contributed by atoms with Crippen molar-refractivity contribution in [3.63, 3.8) is 0 Å². The van der Waals surface area contributed by atoms with Gasteiger partial charge in [-0.25, -0.2) is 0 Å². The van der Waals surface area contributed by atoms with Gasteiger partial charge in [-0.2, -0.15) is 0 Å². The van der Waals surface area contributed by atoms with Crippen molar-refractivity contribution in [1.82, 2.24) is 0 Å². The Hall–Kier alpha value is -1.85. The van der Waals surface area contributed by atoms with Crippen LogP contribution in [0.1, 0.15) is 68.7 Å². The Balaban J connectivity index is 2.13. The van der Waals surface area contributed by atoms with Gasteiger partial charge in [0.05, 0.1) is 18.8 Å². The lowest BCUT2D eigenvalue weighted by atomic mass is 9.81. The van der Waals surface area contributed by atoms with Gasteiger partial charge in [0.15, 0.2) is 8.32 Å². The van der Waals surface area contributed by atoms with Gasteiger partial charge in [0.1, 0.15) is 0 Å². The van der Waals surface area contributed by atoms with E-state index in [2.05, 4.69) is 123 Å². The van der Waals surface area contributed by atoms with E-state index < -0.39 is 22.7 Å². The average molecular weight is 669 g/mol. The van der Waals surface area contributed by atoms with Crippen LogP contribution in [0.25, 0.3) is 0 Å². The molecule has 0 aliphatic heterocycles. The third-order valence-corrected chi connectivity index (χ3v) is 19.6. The van der Waals surface area contributed by atoms with Crippen molar-refractivity contribution >= 4 is 27.0 Å². The maximum absolute atomic E-state index is 11.6. The fraction of sp³-hybridized carbons (Fsp3) is 0.590. The molecule has 0 saturated carbocycles. The average Bonchev–Trinajstić information content (AvgIpc) is 3.00. The summed E-state index contributed by atoms with van der Waals surface area (Å²) in [6.45, 7) is 25.2. The highest BCUT2D eigenvalue weighted by Crippen LogP contribution is 2.38. The summed E-state index contributed by atoms with van der Waals surface area (Å²) in [5.74, 6) is -0.298. The maximum Gasteiger partial charge on any atom is 0.261 e. The molecule has 0 radical (unpaired) electrons. The van der Waals surface area contributed by atoms with Crippen molar-refractivity contribution in [2.75, 3.05) is 26.9 Å². The molecule has 0 heterocycles. The van der Waals surface area contributed by atoms with Crippen LogP contribution in [-0.4, -0.2) is 66.0 Å². The Morgan fingerprint density at radius 3 is 1.78 bits per heavy atom. The number of allylic oxidation sites excluding steroid dienone is 3. The molecule has 0 spiro atoms. The van der Waals surface area contributed by atoms with E-state index in [-0.39, 0.29) is 40.5 Å². The molecule has 0 amide bonds. The largest absolute Gasteiger partial charge is 0.414 e. The molecule has 5 nitrogen and oxygen atoms in total. The Kier molecular flexibility index (Phi) is 15.4. The molecule has 0 saturated heterocycles. The van der Waals surface area contributed by atoms with Gasteiger partial charge in [0.25, 0.3) is 8.32 Å². The van der Waals surface area contributed by atoms with Crippen LogP contribution in [0.3, 0.4) is 0 Å². The number of aliphatic hydroxyl groups is 2. The van der Waals surface area contributed by atoms with Crippen LogP contribution in [0.4, 0.5) is 0 Å². The lowest BCUT2D eigenvalue weighted by Gasteiger charge is -2.44. The minimum Gasteiger partial charge on any atom is -0.414 e. The molecular formula is C39H64O5Si2. The van der Waals surface area contributed by atoms with Gasteiger partial charge in [0.2, 0.25) is 0 Å². The summed E-state index contributed by atoms with van der Waals surface area (Å²) in [4.78, 5) is 0. The van der Waals surface area contributed by atoms with E-state index in [1.54, 1.807) is 7.11 Å². The first-order chi connectivity index (χ1) is 21.4. The molecule has 0 aliphatic carbocycles. The molecule has 2 rings (SSSR count). The molecule has 0 unspecified atom stereocenters. The van der Waals surface area contributed by atoms with Gasteiger partial charge in [0, 0.05) is 26.2 Å². The van der Waals surface area contributed by atoms with E-state index in [0.29, 0.717) is 19.6 Å². The number of benzene rings is 2. The molecule has 2 aromatic carbocycles. The van der Waals surface area contributed by atoms with E-state index in [1.165, 1.54) is 10.4 Å². The SMILES string of the molecule is CO[C@H](/C=C/C=C(/C)C[C@H](CO)[C@H](C)[C@H](O)[C@H](C)CO[Si](c1ccccc1)(c1ccccc1)C(C)(C)C)CO[Si](C)(C)C(C)(C)C. The summed E-state index contributed by atoms with van der Waals surface area (Å²) < 4.78 is 19.1. The molecule has 7 heteroatoms. The lowest BCUT2D eigenvalue weighted by molar-refractivity contribution is 0.00551. The number of rotatable bonds is 17. The minimum atomic E-state index is -2.70. The molecular weight excluding hydrogens is 605 g/mol. The molecule has 2 aromatic rings. The number of ether oxygens (including phenoxy) is 1. The lowest BCUT2D eigenvalue weighted by Crippen LogP contribution is -2.67. The van der Waals surface area contributed by atoms with Crippen molar-refractivity contribution in [1.29, 1.82) is 0 Å². The molecule has 5 atom stereocenters. The van der Waals surface area contributed by atoms with Crippen LogP contribution in [0.2, 0.25) is 23.2 Å². The summed E-state index contributed by atoms with van der Waals surface area (Å²) in [5, 5.41) is 24.4. The first-order valence-electron chi connectivity index (χ1n) is 17.0. The predicted octanol–water partition coefficient (Wildman–Crippen LogP) is 7.73. The highest BCUT2D eigenvalue weighted by Gasteiger charge is 2.50. The van der Waals surface area contributed by atoms with Gasteiger partial charge < -0.3 is 23.8 Å². The zero-order valence-electron chi connectivity index (χ0n) is 30.8. The second kappa shape index (κ2) is 17.5. The monoisotopic (exact) mass is 668 g/mol. The van der Waals surface area contributed by atoms with E-state index in [4.69, 9.17) is 13.6 Å². The Bertz CT molecular complexity index is 1170. The van der Waals surface area contributed by atoms with Crippen LogP contribution in [0.5, 0.6) is 0 Å². The fourth-order valence-electron chi connectivity index (χ4n) is 5.86. The van der Waals surface area contributed by atoms with Crippen LogP contribution in [0, 0.1) is 17.8 Å². The highest BCUT2D eigenvalue weighted by molar-refractivity contribution is 6.99. The molecule has 0 aliphatic rings. The topological polar surface area (TPSA) is 68.2 Å². The summed E-state index contributed by atoms with van der Waals surface area (Å²) >= 11 is 0. The van der Waals surface area contributed by atoms with Crippen LogP contribution in [-0.2, 0) is 13.6 Å². The summed E-state index contributed by atoms with van der Waals surface area (Å²) in [5.41, 5.74) is 1.14. The standard InChI is InChI=1S/C39H64O5Si2/c1-30(20-19-21-34(42-10)29-43-45(11,12)38(4,5)6)26-33(27-40)32(3)37(41)31(2)28-44-46(39(7,8)9,35-22-15-13-16-23-35)36-24-17-14-18-25-36/h13-25,31-34,37,40-41H,26-29H2,1-12H3/b21-19+,30-20-/t31-,32+,33-,34-,37-/m1/s1. The number of hydrogen-bond acceptors (Lipinski definition) is 5. The zero-order valence-corrected chi connectivity index (χ0v) is 32.8. The van der Waals surface area contributed by atoms with Crippen molar-refractivity contribution < 1.29 is 23.8 Å². The molecule has 0 fully saturated rings. The zero-order chi connectivity index (χ0) is 34.8. The summed E-state index contributed by atoms with van der Waals surface area (Å²) in [7, 11) is -2.84. The Morgan fingerprint density at radius 2 is 1.35 bits per heavy atom. The third kappa shape index (κ3) is 10.6. The van der Waals surface area contributed by atoms with Gasteiger partial charge >= 0.3 is 0 Å². The van der Waals surface area contributed by atoms with Crippen molar-refractivity contribution in [3.05, 3.63) is 84.5 Å². The van der Waals surface area contributed by atoms with Gasteiger partial charge in [-0.05, 0) is 58.7 Å². The predicted molar refractivity (Wildman–Crippen MR) is 200 cm³/mol. The van der Waals surface area contributed by atoms with E-state index >= 15 is 0 Å². The fourth-order valence-corrected chi connectivity index (χ4v) is 11.5. The third-order valence-electron chi connectivity index (χ3n) is 10.1. The second-order valence-corrected chi connectivity index (χ2v) is 24.8. The quantitative estimate of drug-likeness (QED) is 0.133. The van der Waals surface area contributed by atoms with Crippen LogP contribution >= 0.6 is 0 Å². The van der Waals surface area contributed by atoms with Gasteiger partial charge in [-0.3, -0.25) is 0 Å². The Morgan fingerprint density at radius 1 is 0.826 bits per heavy atom. The van der Waals surface area contributed by atoms with E-state index in [9.17, 15) is 10.2 Å².